The third kappa shape index (κ3) is 7.90. The van der Waals surface area contributed by atoms with E-state index >= 15 is 0 Å². The van der Waals surface area contributed by atoms with Crippen molar-refractivity contribution >= 4 is 29.9 Å². The van der Waals surface area contributed by atoms with Crippen molar-refractivity contribution in [2.45, 2.75) is 32.6 Å². The molecule has 0 fully saturated rings. The molecule has 1 heterocycles. The van der Waals surface area contributed by atoms with Gasteiger partial charge in [0.2, 0.25) is 0 Å². The van der Waals surface area contributed by atoms with E-state index in [2.05, 4.69) is 25.8 Å². The fourth-order valence-corrected chi connectivity index (χ4v) is 2.17. The molecule has 28 heavy (non-hydrogen) atoms. The summed E-state index contributed by atoms with van der Waals surface area (Å²) >= 11 is 0. The molecule has 2 N–H and O–H groups in total. The van der Waals surface area contributed by atoms with Gasteiger partial charge in [-0.2, -0.15) is 13.2 Å². The molecule has 2 aromatic rings. The van der Waals surface area contributed by atoms with Crippen LogP contribution in [0.2, 0.25) is 0 Å². The number of aromatic nitrogens is 3. The first-order valence-corrected chi connectivity index (χ1v) is 8.35. The number of halogens is 4. The molecule has 0 aliphatic heterocycles. The third-order valence-corrected chi connectivity index (χ3v) is 3.88. The van der Waals surface area contributed by atoms with Crippen molar-refractivity contribution < 1.29 is 17.9 Å². The standard InChI is InChI=1S/C17H23F3N6O.HI/c1-12-24-25-15(26(12)2)11-23-16(21-9-8-17(18,19)20)22-10-13-4-6-14(27-3)7-5-13;/h4-7H,8-11H2,1-3H3,(H2,21,22,23);1H. The monoisotopic (exact) mass is 512 g/mol. The lowest BCUT2D eigenvalue weighted by atomic mass is 10.2. The Kier molecular flexibility index (Phi) is 9.49. The van der Waals surface area contributed by atoms with Gasteiger partial charge in [-0.3, -0.25) is 0 Å². The number of rotatable bonds is 7. The zero-order valence-electron chi connectivity index (χ0n) is 15.9. The van der Waals surface area contributed by atoms with Crippen LogP contribution in [-0.4, -0.2) is 40.6 Å². The van der Waals surface area contributed by atoms with Crippen LogP contribution in [0.15, 0.2) is 29.3 Å². The highest BCUT2D eigenvalue weighted by Gasteiger charge is 2.26. The quantitative estimate of drug-likeness (QED) is 0.339. The lowest BCUT2D eigenvalue weighted by Crippen LogP contribution is -2.39. The van der Waals surface area contributed by atoms with Crippen LogP contribution >= 0.6 is 24.0 Å². The van der Waals surface area contributed by atoms with Crippen LogP contribution in [0.25, 0.3) is 0 Å². The predicted molar refractivity (Wildman–Crippen MR) is 111 cm³/mol. The number of guanidine groups is 1. The Bertz CT molecular complexity index is 761. The number of methoxy groups -OCH3 is 1. The zero-order valence-corrected chi connectivity index (χ0v) is 18.2. The van der Waals surface area contributed by atoms with Gasteiger partial charge in [-0.1, -0.05) is 12.1 Å². The predicted octanol–water partition coefficient (Wildman–Crippen LogP) is 2.94. The number of hydrogen-bond donors (Lipinski definition) is 2. The van der Waals surface area contributed by atoms with Crippen LogP contribution in [0.5, 0.6) is 5.75 Å². The third-order valence-electron chi connectivity index (χ3n) is 3.88. The smallest absolute Gasteiger partial charge is 0.390 e. The number of ether oxygens (including phenoxy) is 1. The van der Waals surface area contributed by atoms with Gasteiger partial charge in [-0.25, -0.2) is 4.99 Å². The molecule has 1 aromatic carbocycles. The molecule has 0 radical (unpaired) electrons. The van der Waals surface area contributed by atoms with E-state index in [1.165, 1.54) is 0 Å². The van der Waals surface area contributed by atoms with Gasteiger partial charge in [-0.05, 0) is 24.6 Å². The number of alkyl halides is 3. The fourth-order valence-electron chi connectivity index (χ4n) is 2.17. The van der Waals surface area contributed by atoms with Gasteiger partial charge in [0.25, 0.3) is 0 Å². The summed E-state index contributed by atoms with van der Waals surface area (Å²) in [6.07, 6.45) is -5.17. The van der Waals surface area contributed by atoms with Crippen LogP contribution in [-0.2, 0) is 20.1 Å². The number of hydrogen-bond acceptors (Lipinski definition) is 4. The average molecular weight is 512 g/mol. The van der Waals surface area contributed by atoms with Gasteiger partial charge < -0.3 is 19.9 Å². The van der Waals surface area contributed by atoms with E-state index in [-0.39, 0.29) is 43.0 Å². The maximum atomic E-state index is 12.4. The molecule has 0 amide bonds. The number of nitrogens with zero attached hydrogens (tertiary/aromatic N) is 4. The Morgan fingerprint density at radius 3 is 2.39 bits per heavy atom. The van der Waals surface area contributed by atoms with Crippen LogP contribution in [0.4, 0.5) is 13.2 Å². The second-order valence-electron chi connectivity index (χ2n) is 5.88. The van der Waals surface area contributed by atoms with Crippen molar-refractivity contribution in [2.75, 3.05) is 13.7 Å². The Morgan fingerprint density at radius 1 is 1.18 bits per heavy atom. The highest BCUT2D eigenvalue weighted by molar-refractivity contribution is 14.0. The normalized spacial score (nSPS) is 11.7. The van der Waals surface area contributed by atoms with Gasteiger partial charge in [0.15, 0.2) is 11.8 Å². The van der Waals surface area contributed by atoms with Gasteiger partial charge in [0.05, 0.1) is 26.6 Å². The fraction of sp³-hybridized carbons (Fsp3) is 0.471. The van der Waals surface area contributed by atoms with Gasteiger partial charge in [0, 0.05) is 13.6 Å². The molecule has 1 aromatic heterocycles. The second kappa shape index (κ2) is 11.1. The summed E-state index contributed by atoms with van der Waals surface area (Å²) in [4.78, 5) is 4.35. The molecule has 0 spiro atoms. The van der Waals surface area contributed by atoms with Crippen LogP contribution in [0, 0.1) is 6.92 Å². The number of aryl methyl sites for hydroxylation is 1. The molecule has 0 saturated carbocycles. The summed E-state index contributed by atoms with van der Waals surface area (Å²) in [5, 5.41) is 13.7. The first kappa shape index (κ1) is 24.0. The van der Waals surface area contributed by atoms with Crippen molar-refractivity contribution in [3.8, 4) is 5.75 Å². The number of nitrogens with one attached hydrogen (secondary N) is 2. The number of aliphatic imine (C=N–C) groups is 1. The molecule has 11 heteroatoms. The molecular formula is C17H24F3IN6O. The Labute approximate surface area is 178 Å². The van der Waals surface area contributed by atoms with Gasteiger partial charge in [0.1, 0.15) is 11.6 Å². The molecule has 0 saturated heterocycles. The van der Waals surface area contributed by atoms with E-state index in [0.717, 1.165) is 17.1 Å². The second-order valence-corrected chi connectivity index (χ2v) is 5.88. The lowest BCUT2D eigenvalue weighted by molar-refractivity contribution is -0.132. The van der Waals surface area contributed by atoms with Crippen molar-refractivity contribution in [1.29, 1.82) is 0 Å². The average Bonchev–Trinajstić information content (AvgIpc) is 2.95. The van der Waals surface area contributed by atoms with E-state index in [9.17, 15) is 13.2 Å². The minimum atomic E-state index is -4.23. The topological polar surface area (TPSA) is 76.4 Å². The Morgan fingerprint density at radius 2 is 1.86 bits per heavy atom. The van der Waals surface area contributed by atoms with Gasteiger partial charge >= 0.3 is 6.18 Å². The first-order chi connectivity index (χ1) is 12.8. The largest absolute Gasteiger partial charge is 0.497 e. The summed E-state index contributed by atoms with van der Waals surface area (Å²) in [6.45, 7) is 2.15. The van der Waals surface area contributed by atoms with E-state index in [1.54, 1.807) is 23.8 Å². The van der Waals surface area contributed by atoms with Crippen LogP contribution < -0.4 is 15.4 Å². The van der Waals surface area contributed by atoms with E-state index < -0.39 is 12.6 Å². The SMILES string of the molecule is COc1ccc(CN=C(NCCC(F)(F)F)NCc2nnc(C)n2C)cc1.I. The Hall–Kier alpha value is -2.05. The molecule has 0 bridgehead atoms. The maximum Gasteiger partial charge on any atom is 0.390 e. The van der Waals surface area contributed by atoms with Crippen molar-refractivity contribution in [1.82, 2.24) is 25.4 Å². The maximum absolute atomic E-state index is 12.4. The zero-order chi connectivity index (χ0) is 19.9. The van der Waals surface area contributed by atoms with E-state index in [4.69, 9.17) is 4.74 Å². The molecular weight excluding hydrogens is 488 g/mol. The van der Waals surface area contributed by atoms with E-state index in [1.807, 2.05) is 26.1 Å². The highest BCUT2D eigenvalue weighted by Crippen LogP contribution is 2.18. The van der Waals surface area contributed by atoms with Crippen LogP contribution in [0.3, 0.4) is 0 Å². The van der Waals surface area contributed by atoms with E-state index in [0.29, 0.717) is 12.4 Å². The summed E-state index contributed by atoms with van der Waals surface area (Å²) in [5.74, 6) is 2.40. The highest BCUT2D eigenvalue weighted by atomic mass is 127. The molecule has 0 aliphatic rings. The summed E-state index contributed by atoms with van der Waals surface area (Å²) < 4.78 is 44.1. The minimum Gasteiger partial charge on any atom is -0.497 e. The summed E-state index contributed by atoms with van der Waals surface area (Å²) in [5.41, 5.74) is 0.905. The minimum absolute atomic E-state index is 0. The molecule has 0 aliphatic carbocycles. The summed E-state index contributed by atoms with van der Waals surface area (Å²) in [7, 11) is 3.39. The molecule has 0 atom stereocenters. The molecule has 0 unspecified atom stereocenters. The Balaban J connectivity index is 0.00000392. The molecule has 7 nitrogen and oxygen atoms in total. The lowest BCUT2D eigenvalue weighted by Gasteiger charge is -2.13. The van der Waals surface area contributed by atoms with Crippen LogP contribution in [0.1, 0.15) is 23.6 Å². The first-order valence-electron chi connectivity index (χ1n) is 8.35. The van der Waals surface area contributed by atoms with Gasteiger partial charge in [-0.15, -0.1) is 34.2 Å². The molecule has 2 rings (SSSR count). The van der Waals surface area contributed by atoms with Crippen molar-refractivity contribution in [2.24, 2.45) is 12.0 Å². The number of benzene rings is 1. The van der Waals surface area contributed by atoms with Crippen molar-refractivity contribution in [3.05, 3.63) is 41.5 Å². The summed E-state index contributed by atoms with van der Waals surface area (Å²) in [6, 6.07) is 7.30. The molecule has 156 valence electrons. The van der Waals surface area contributed by atoms with Crippen molar-refractivity contribution in [3.63, 3.8) is 0 Å².